The van der Waals surface area contributed by atoms with Crippen LogP contribution in [0, 0.1) is 13.8 Å². The quantitative estimate of drug-likeness (QED) is 0.685. The summed E-state index contributed by atoms with van der Waals surface area (Å²) in [5, 5.41) is 0. The molecule has 27 heavy (non-hydrogen) atoms. The van der Waals surface area contributed by atoms with Crippen LogP contribution in [0.2, 0.25) is 0 Å². The van der Waals surface area contributed by atoms with E-state index in [2.05, 4.69) is 15.9 Å². The summed E-state index contributed by atoms with van der Waals surface area (Å²) in [6, 6.07) is 11.8. The number of halogens is 1. The van der Waals surface area contributed by atoms with Gasteiger partial charge in [0.1, 0.15) is 0 Å². The summed E-state index contributed by atoms with van der Waals surface area (Å²) < 4.78 is 54.9. The molecule has 9 heteroatoms. The molecule has 0 N–H and O–H groups in total. The molecule has 0 aliphatic carbocycles. The Hall–Kier alpha value is -1.26. The van der Waals surface area contributed by atoms with Crippen LogP contribution in [0.3, 0.4) is 0 Å². The Morgan fingerprint density at radius 1 is 0.815 bits per heavy atom. The van der Waals surface area contributed by atoms with Crippen LogP contribution in [-0.2, 0) is 20.0 Å². The maximum atomic E-state index is 13.0. The minimum absolute atomic E-state index is 0.124. The zero-order valence-electron chi connectivity index (χ0n) is 15.1. The molecule has 2 aromatic carbocycles. The van der Waals surface area contributed by atoms with Gasteiger partial charge in [-0.2, -0.15) is 8.61 Å². The van der Waals surface area contributed by atoms with Crippen molar-refractivity contribution in [2.45, 2.75) is 23.6 Å². The van der Waals surface area contributed by atoms with E-state index in [9.17, 15) is 16.8 Å². The van der Waals surface area contributed by atoms with Gasteiger partial charge in [0.15, 0.2) is 0 Å². The second-order valence-electron chi connectivity index (χ2n) is 6.53. The third kappa shape index (κ3) is 4.12. The average Bonchev–Trinajstić information content (AvgIpc) is 2.63. The van der Waals surface area contributed by atoms with E-state index in [0.29, 0.717) is 10.0 Å². The van der Waals surface area contributed by atoms with Crippen LogP contribution in [0.25, 0.3) is 0 Å². The van der Waals surface area contributed by atoms with Gasteiger partial charge in [0, 0.05) is 30.7 Å². The fourth-order valence-corrected chi connectivity index (χ4v) is 6.80. The molecule has 0 bridgehead atoms. The molecule has 1 saturated heterocycles. The van der Waals surface area contributed by atoms with E-state index in [-0.39, 0.29) is 36.0 Å². The van der Waals surface area contributed by atoms with Gasteiger partial charge >= 0.3 is 0 Å². The lowest BCUT2D eigenvalue weighted by Gasteiger charge is -2.33. The highest BCUT2D eigenvalue weighted by Gasteiger charge is 2.34. The normalized spacial score (nSPS) is 17.1. The highest BCUT2D eigenvalue weighted by Crippen LogP contribution is 2.25. The molecule has 0 atom stereocenters. The summed E-state index contributed by atoms with van der Waals surface area (Å²) in [6.45, 7) is 4.12. The predicted octanol–water partition coefficient (Wildman–Crippen LogP) is 2.76. The van der Waals surface area contributed by atoms with Crippen molar-refractivity contribution in [2.75, 3.05) is 26.2 Å². The molecule has 0 saturated carbocycles. The maximum Gasteiger partial charge on any atom is 0.243 e. The van der Waals surface area contributed by atoms with E-state index < -0.39 is 20.0 Å². The highest BCUT2D eigenvalue weighted by atomic mass is 79.9. The van der Waals surface area contributed by atoms with Crippen molar-refractivity contribution in [1.82, 2.24) is 8.61 Å². The van der Waals surface area contributed by atoms with Gasteiger partial charge in [0.2, 0.25) is 20.0 Å². The fourth-order valence-electron chi connectivity index (χ4n) is 3.05. The van der Waals surface area contributed by atoms with Crippen LogP contribution in [0.4, 0.5) is 0 Å². The Bertz CT molecular complexity index is 1060. The number of nitrogens with zero attached hydrogens (tertiary/aromatic N) is 2. The first-order valence-electron chi connectivity index (χ1n) is 8.45. The van der Waals surface area contributed by atoms with Gasteiger partial charge in [-0.3, -0.25) is 0 Å². The van der Waals surface area contributed by atoms with Crippen LogP contribution in [0.15, 0.2) is 56.7 Å². The van der Waals surface area contributed by atoms with Gasteiger partial charge in [-0.15, -0.1) is 0 Å². The molecule has 0 unspecified atom stereocenters. The number of rotatable bonds is 4. The molecular formula is C18H21BrN2O4S2. The van der Waals surface area contributed by atoms with Crippen LogP contribution < -0.4 is 0 Å². The molecule has 2 aromatic rings. The zero-order chi connectivity index (χ0) is 19.8. The highest BCUT2D eigenvalue weighted by molar-refractivity contribution is 9.10. The number of hydrogen-bond donors (Lipinski definition) is 0. The van der Waals surface area contributed by atoms with Gasteiger partial charge in [0.25, 0.3) is 0 Å². The Kier molecular flexibility index (Phi) is 5.79. The van der Waals surface area contributed by atoms with E-state index >= 15 is 0 Å². The van der Waals surface area contributed by atoms with Crippen molar-refractivity contribution in [3.05, 3.63) is 58.1 Å². The standard InChI is InChI=1S/C18H21BrN2O4S2/c1-14-6-7-15(2)18(12-14)27(24,25)21-10-8-20(9-11-21)26(22,23)17-5-3-4-16(19)13-17/h3-7,12-13H,8-11H2,1-2H3. The van der Waals surface area contributed by atoms with Crippen LogP contribution in [0.5, 0.6) is 0 Å². The smallest absolute Gasteiger partial charge is 0.207 e. The average molecular weight is 473 g/mol. The SMILES string of the molecule is Cc1ccc(C)c(S(=O)(=O)N2CCN(S(=O)(=O)c3cccc(Br)c3)CC2)c1. The molecule has 0 aromatic heterocycles. The van der Waals surface area contributed by atoms with Crippen molar-refractivity contribution >= 4 is 36.0 Å². The summed E-state index contributed by atoms with van der Waals surface area (Å²) in [6.07, 6.45) is 0. The van der Waals surface area contributed by atoms with Crippen molar-refractivity contribution in [1.29, 1.82) is 0 Å². The lowest BCUT2D eigenvalue weighted by molar-refractivity contribution is 0.272. The van der Waals surface area contributed by atoms with Crippen molar-refractivity contribution in [3.8, 4) is 0 Å². The predicted molar refractivity (Wildman–Crippen MR) is 108 cm³/mol. The van der Waals surface area contributed by atoms with E-state index in [1.807, 2.05) is 13.0 Å². The molecule has 3 rings (SSSR count). The first-order chi connectivity index (χ1) is 12.6. The van der Waals surface area contributed by atoms with E-state index in [1.165, 1.54) is 8.61 Å². The Balaban J connectivity index is 1.80. The summed E-state index contributed by atoms with van der Waals surface area (Å²) in [7, 11) is -7.30. The lowest BCUT2D eigenvalue weighted by atomic mass is 10.2. The van der Waals surface area contributed by atoms with Gasteiger partial charge in [-0.25, -0.2) is 16.8 Å². The van der Waals surface area contributed by atoms with Crippen molar-refractivity contribution in [2.24, 2.45) is 0 Å². The number of sulfonamides is 2. The molecule has 6 nitrogen and oxygen atoms in total. The van der Waals surface area contributed by atoms with E-state index in [4.69, 9.17) is 0 Å². The largest absolute Gasteiger partial charge is 0.243 e. The van der Waals surface area contributed by atoms with Crippen LogP contribution in [-0.4, -0.2) is 51.6 Å². The van der Waals surface area contributed by atoms with Gasteiger partial charge in [-0.1, -0.05) is 34.1 Å². The number of piperazine rings is 1. The van der Waals surface area contributed by atoms with Gasteiger partial charge in [0.05, 0.1) is 9.79 Å². The molecule has 0 spiro atoms. The molecule has 1 aliphatic rings. The van der Waals surface area contributed by atoms with E-state index in [1.54, 1.807) is 43.3 Å². The maximum absolute atomic E-state index is 13.0. The molecule has 1 fully saturated rings. The molecule has 1 heterocycles. The topological polar surface area (TPSA) is 74.8 Å². The fraction of sp³-hybridized carbons (Fsp3) is 0.333. The van der Waals surface area contributed by atoms with Crippen molar-refractivity contribution in [3.63, 3.8) is 0 Å². The molecule has 1 aliphatic heterocycles. The molecule has 0 amide bonds. The minimum atomic E-state index is -3.65. The molecular weight excluding hydrogens is 452 g/mol. The van der Waals surface area contributed by atoms with E-state index in [0.717, 1.165) is 5.56 Å². The second kappa shape index (κ2) is 7.63. The minimum Gasteiger partial charge on any atom is -0.207 e. The van der Waals surface area contributed by atoms with Crippen LogP contribution >= 0.6 is 15.9 Å². The van der Waals surface area contributed by atoms with Gasteiger partial charge < -0.3 is 0 Å². The first kappa shape index (κ1) is 20.5. The summed E-state index contributed by atoms with van der Waals surface area (Å²) in [5.74, 6) is 0. The summed E-state index contributed by atoms with van der Waals surface area (Å²) in [4.78, 5) is 0.480. The third-order valence-corrected chi connectivity index (χ3v) is 9.02. The van der Waals surface area contributed by atoms with Crippen LogP contribution in [0.1, 0.15) is 11.1 Å². The lowest BCUT2D eigenvalue weighted by Crippen LogP contribution is -2.50. The second-order valence-corrected chi connectivity index (χ2v) is 11.3. The molecule has 0 radical (unpaired) electrons. The zero-order valence-corrected chi connectivity index (χ0v) is 18.3. The Labute approximate surface area is 169 Å². The third-order valence-electron chi connectivity index (χ3n) is 4.59. The number of aryl methyl sites for hydroxylation is 2. The summed E-state index contributed by atoms with van der Waals surface area (Å²) >= 11 is 3.28. The van der Waals surface area contributed by atoms with Crippen molar-refractivity contribution < 1.29 is 16.8 Å². The monoisotopic (exact) mass is 472 g/mol. The van der Waals surface area contributed by atoms with Gasteiger partial charge in [-0.05, 0) is 49.2 Å². The first-order valence-corrected chi connectivity index (χ1v) is 12.1. The molecule has 146 valence electrons. The number of hydrogen-bond acceptors (Lipinski definition) is 4. The number of benzene rings is 2. The summed E-state index contributed by atoms with van der Waals surface area (Å²) in [5.41, 5.74) is 1.56. The Morgan fingerprint density at radius 3 is 2.00 bits per heavy atom. The Morgan fingerprint density at radius 2 is 1.41 bits per heavy atom.